The molecule has 0 fully saturated rings. The van der Waals surface area contributed by atoms with Crippen molar-refractivity contribution < 1.29 is 19.0 Å². The number of carbonyl (C=O) groups excluding carboxylic acids is 1. The maximum atomic E-state index is 11.8. The summed E-state index contributed by atoms with van der Waals surface area (Å²) in [5.74, 6) is 1.55. The number of methoxy groups -OCH3 is 2. The molecule has 4 nitrogen and oxygen atoms in total. The van der Waals surface area contributed by atoms with Crippen LogP contribution in [-0.2, 0) is 4.74 Å². The van der Waals surface area contributed by atoms with E-state index < -0.39 is 0 Å². The van der Waals surface area contributed by atoms with E-state index in [-0.39, 0.29) is 12.6 Å². The first-order chi connectivity index (χ1) is 10.7. The number of ether oxygens (including phenoxy) is 3. The van der Waals surface area contributed by atoms with Gasteiger partial charge in [-0.25, -0.2) is 0 Å². The highest BCUT2D eigenvalue weighted by atomic mass is 31.1. The second-order valence-corrected chi connectivity index (χ2v) is 5.97. The lowest BCUT2D eigenvalue weighted by atomic mass is 10.1. The molecule has 0 saturated heterocycles. The highest BCUT2D eigenvalue weighted by Crippen LogP contribution is 2.25. The van der Waals surface area contributed by atoms with Gasteiger partial charge in [0.1, 0.15) is 11.5 Å². The van der Waals surface area contributed by atoms with Crippen LogP contribution in [0.25, 0.3) is 0 Å². The van der Waals surface area contributed by atoms with Crippen molar-refractivity contribution >= 4 is 25.0 Å². The Kier molecular flexibility index (Phi) is 5.93. The molecule has 0 aliphatic rings. The van der Waals surface area contributed by atoms with Gasteiger partial charge in [-0.3, -0.25) is 4.79 Å². The first-order valence-electron chi connectivity index (χ1n) is 6.82. The van der Waals surface area contributed by atoms with Gasteiger partial charge in [-0.1, -0.05) is 32.8 Å². The molecular weight excluding hydrogens is 299 g/mol. The van der Waals surface area contributed by atoms with E-state index >= 15 is 0 Å². The highest BCUT2D eigenvalue weighted by Gasteiger charge is 2.11. The molecule has 0 spiro atoms. The Hall–Kier alpha value is -1.90. The molecule has 0 aliphatic carbocycles. The van der Waals surface area contributed by atoms with Gasteiger partial charge in [-0.2, -0.15) is 0 Å². The number of benzene rings is 2. The van der Waals surface area contributed by atoms with Gasteiger partial charge in [0.25, 0.3) is 0 Å². The molecule has 5 heteroatoms. The van der Waals surface area contributed by atoms with Crippen molar-refractivity contribution in [1.82, 2.24) is 0 Å². The molecule has 0 N–H and O–H groups in total. The van der Waals surface area contributed by atoms with E-state index in [0.717, 1.165) is 27.7 Å². The van der Waals surface area contributed by atoms with E-state index in [1.807, 2.05) is 42.5 Å². The average molecular weight is 318 g/mol. The van der Waals surface area contributed by atoms with E-state index in [1.54, 1.807) is 21.1 Å². The van der Waals surface area contributed by atoms with Gasteiger partial charge in [0.2, 0.25) is 0 Å². The summed E-state index contributed by atoms with van der Waals surface area (Å²) >= 11 is 0. The number of ketones is 1. The molecule has 0 saturated carbocycles. The fraction of sp³-hybridized carbons (Fsp3) is 0.235. The summed E-state index contributed by atoms with van der Waals surface area (Å²) in [7, 11) is 3.50. The SMILES string of the molecule is COCOc1ccc(OC)cc1Pc1ccccc1C(C)=O. The summed E-state index contributed by atoms with van der Waals surface area (Å²) in [6.07, 6.45) is 0. The minimum atomic E-state index is 0.0605. The standard InChI is InChI=1S/C17H19O4P/c1-12(18)14-6-4-5-7-16(14)22-17-10-13(20-3)8-9-15(17)21-11-19-2/h4-10,22H,11H2,1-3H3. The molecule has 0 bridgehead atoms. The summed E-state index contributed by atoms with van der Waals surface area (Å²) in [6, 6.07) is 13.3. The zero-order valence-electron chi connectivity index (χ0n) is 12.9. The fourth-order valence-corrected chi connectivity index (χ4v) is 3.38. The van der Waals surface area contributed by atoms with Gasteiger partial charge >= 0.3 is 0 Å². The van der Waals surface area contributed by atoms with E-state index in [4.69, 9.17) is 14.2 Å². The molecule has 0 heterocycles. The minimum Gasteiger partial charge on any atom is -0.497 e. The molecular formula is C17H19O4P. The Morgan fingerprint density at radius 1 is 1.09 bits per heavy atom. The van der Waals surface area contributed by atoms with Crippen LogP contribution in [0.4, 0.5) is 0 Å². The lowest BCUT2D eigenvalue weighted by molar-refractivity contribution is 0.0519. The Labute approximate surface area is 132 Å². The van der Waals surface area contributed by atoms with Crippen LogP contribution in [0.5, 0.6) is 11.5 Å². The van der Waals surface area contributed by atoms with E-state index in [1.165, 1.54) is 0 Å². The Bertz CT molecular complexity index is 655. The molecule has 1 atom stereocenters. The molecule has 0 aliphatic heterocycles. The number of hydrogen-bond acceptors (Lipinski definition) is 4. The third-order valence-electron chi connectivity index (χ3n) is 3.09. The van der Waals surface area contributed by atoms with Gasteiger partial charge in [-0.05, 0) is 30.4 Å². The van der Waals surface area contributed by atoms with Crippen molar-refractivity contribution in [3.63, 3.8) is 0 Å². The molecule has 2 rings (SSSR count). The predicted molar refractivity (Wildman–Crippen MR) is 89.5 cm³/mol. The van der Waals surface area contributed by atoms with Gasteiger partial charge in [0, 0.05) is 18.0 Å². The smallest absolute Gasteiger partial charge is 0.188 e. The van der Waals surface area contributed by atoms with E-state index in [9.17, 15) is 4.79 Å². The largest absolute Gasteiger partial charge is 0.497 e. The quantitative estimate of drug-likeness (QED) is 0.447. The molecule has 116 valence electrons. The van der Waals surface area contributed by atoms with Crippen molar-refractivity contribution in [3.8, 4) is 11.5 Å². The van der Waals surface area contributed by atoms with E-state index in [0.29, 0.717) is 8.58 Å². The molecule has 0 aromatic heterocycles. The van der Waals surface area contributed by atoms with Crippen LogP contribution in [-0.4, -0.2) is 26.8 Å². The molecule has 0 radical (unpaired) electrons. The summed E-state index contributed by atoms with van der Waals surface area (Å²) < 4.78 is 15.8. The van der Waals surface area contributed by atoms with Crippen molar-refractivity contribution in [2.45, 2.75) is 6.92 Å². The van der Waals surface area contributed by atoms with Crippen LogP contribution < -0.4 is 20.1 Å². The number of Topliss-reactive ketones (excluding diaryl/α,β-unsaturated/α-hetero) is 1. The summed E-state index contributed by atoms with van der Waals surface area (Å²) in [6.45, 7) is 1.76. The van der Waals surface area contributed by atoms with Gasteiger partial charge < -0.3 is 14.2 Å². The predicted octanol–water partition coefficient (Wildman–Crippen LogP) is 2.51. The van der Waals surface area contributed by atoms with Crippen LogP contribution >= 0.6 is 8.58 Å². The van der Waals surface area contributed by atoms with Gasteiger partial charge in [0.05, 0.1) is 7.11 Å². The van der Waals surface area contributed by atoms with Gasteiger partial charge in [-0.15, -0.1) is 0 Å². The molecule has 0 amide bonds. The number of carbonyl (C=O) groups is 1. The third kappa shape index (κ3) is 4.06. The lowest BCUT2D eigenvalue weighted by Gasteiger charge is -2.14. The Morgan fingerprint density at radius 2 is 1.86 bits per heavy atom. The zero-order chi connectivity index (χ0) is 15.9. The lowest BCUT2D eigenvalue weighted by Crippen LogP contribution is -2.14. The van der Waals surface area contributed by atoms with Crippen molar-refractivity contribution in [1.29, 1.82) is 0 Å². The fourth-order valence-electron chi connectivity index (χ4n) is 2.03. The van der Waals surface area contributed by atoms with E-state index in [2.05, 4.69) is 0 Å². The second-order valence-electron chi connectivity index (χ2n) is 4.64. The molecule has 22 heavy (non-hydrogen) atoms. The Morgan fingerprint density at radius 3 is 2.55 bits per heavy atom. The van der Waals surface area contributed by atoms with Crippen molar-refractivity contribution in [2.75, 3.05) is 21.0 Å². The third-order valence-corrected chi connectivity index (χ3v) is 4.46. The van der Waals surface area contributed by atoms with Crippen molar-refractivity contribution in [3.05, 3.63) is 48.0 Å². The molecule has 2 aromatic carbocycles. The number of rotatable bonds is 7. The minimum absolute atomic E-state index is 0.0605. The van der Waals surface area contributed by atoms with Crippen LogP contribution in [0.3, 0.4) is 0 Å². The van der Waals surface area contributed by atoms with Crippen LogP contribution in [0.15, 0.2) is 42.5 Å². The monoisotopic (exact) mass is 318 g/mol. The average Bonchev–Trinajstić information content (AvgIpc) is 2.54. The zero-order valence-corrected chi connectivity index (χ0v) is 13.9. The molecule has 1 unspecified atom stereocenters. The van der Waals surface area contributed by atoms with Gasteiger partial charge in [0.15, 0.2) is 12.6 Å². The highest BCUT2D eigenvalue weighted by molar-refractivity contribution is 7.56. The summed E-state index contributed by atoms with van der Waals surface area (Å²) in [5, 5.41) is 1.97. The van der Waals surface area contributed by atoms with Crippen molar-refractivity contribution in [2.24, 2.45) is 0 Å². The van der Waals surface area contributed by atoms with Crippen LogP contribution in [0, 0.1) is 0 Å². The first-order valence-corrected chi connectivity index (χ1v) is 7.82. The summed E-state index contributed by atoms with van der Waals surface area (Å²) in [4.78, 5) is 11.8. The first kappa shape index (κ1) is 16.5. The number of hydrogen-bond donors (Lipinski definition) is 0. The topological polar surface area (TPSA) is 44.8 Å². The molecule has 2 aromatic rings. The second kappa shape index (κ2) is 7.92. The maximum Gasteiger partial charge on any atom is 0.188 e. The Balaban J connectivity index is 2.36. The van der Waals surface area contributed by atoms with Crippen LogP contribution in [0.1, 0.15) is 17.3 Å². The maximum absolute atomic E-state index is 11.8. The van der Waals surface area contributed by atoms with Crippen LogP contribution in [0.2, 0.25) is 0 Å². The normalized spacial score (nSPS) is 10.9. The summed E-state index contributed by atoms with van der Waals surface area (Å²) in [5.41, 5.74) is 0.737.